The fourth-order valence-corrected chi connectivity index (χ4v) is 2.74. The molecule has 0 saturated carbocycles. The number of aromatic nitrogens is 2. The number of aromatic amines is 1. The minimum Gasteiger partial charge on any atom is -0.508 e. The molecule has 8 nitrogen and oxygen atoms in total. The molecule has 140 valence electrons. The van der Waals surface area contributed by atoms with Crippen molar-refractivity contribution in [1.29, 1.82) is 0 Å². The number of carbonyl (C=O) groups is 2. The van der Waals surface area contributed by atoms with E-state index in [0.29, 0.717) is 37.3 Å². The van der Waals surface area contributed by atoms with Gasteiger partial charge in [0, 0.05) is 49.4 Å². The summed E-state index contributed by atoms with van der Waals surface area (Å²) in [5.74, 6) is -0.410. The minimum absolute atomic E-state index is 0. The molecule has 0 aliphatic carbocycles. The van der Waals surface area contributed by atoms with E-state index >= 15 is 0 Å². The molecular formula is C17H22ClN5O3. The third kappa shape index (κ3) is 4.74. The van der Waals surface area contributed by atoms with Crippen LogP contribution in [0.15, 0.2) is 24.3 Å². The number of benzene rings is 1. The lowest BCUT2D eigenvalue weighted by Gasteiger charge is -2.12. The van der Waals surface area contributed by atoms with Gasteiger partial charge in [0.05, 0.1) is 0 Å². The number of phenolic OH excluding ortho intramolecular Hbond substituents is 1. The molecule has 3 rings (SSSR count). The van der Waals surface area contributed by atoms with Gasteiger partial charge >= 0.3 is 0 Å². The monoisotopic (exact) mass is 379 g/mol. The van der Waals surface area contributed by atoms with Gasteiger partial charge < -0.3 is 21.1 Å². The normalized spacial score (nSPS) is 12.6. The number of amides is 2. The zero-order valence-corrected chi connectivity index (χ0v) is 15.0. The molecule has 5 N–H and O–H groups in total. The van der Waals surface area contributed by atoms with Crippen molar-refractivity contribution in [3.63, 3.8) is 0 Å². The second-order valence-electron chi connectivity index (χ2n) is 5.87. The number of halogens is 1. The number of carbonyl (C=O) groups excluding carboxylic acids is 2. The summed E-state index contributed by atoms with van der Waals surface area (Å²) in [4.78, 5) is 24.1. The number of hydrogen-bond acceptors (Lipinski definition) is 5. The zero-order valence-electron chi connectivity index (χ0n) is 14.2. The Morgan fingerprint density at radius 1 is 1.19 bits per heavy atom. The van der Waals surface area contributed by atoms with Crippen LogP contribution < -0.4 is 16.0 Å². The topological polar surface area (TPSA) is 119 Å². The number of H-pyrrole nitrogens is 1. The molecule has 9 heteroatoms. The maximum absolute atomic E-state index is 12.2. The maximum atomic E-state index is 12.2. The van der Waals surface area contributed by atoms with Gasteiger partial charge in [-0.05, 0) is 24.6 Å². The van der Waals surface area contributed by atoms with Crippen LogP contribution in [0.1, 0.15) is 38.5 Å². The van der Waals surface area contributed by atoms with E-state index in [1.165, 1.54) is 12.1 Å². The Labute approximate surface area is 157 Å². The number of fused-ring (bicyclic) bond motifs is 1. The molecule has 1 aliphatic rings. The molecule has 1 aromatic carbocycles. The highest BCUT2D eigenvalue weighted by molar-refractivity contribution is 5.95. The van der Waals surface area contributed by atoms with Crippen LogP contribution in [0.5, 0.6) is 5.75 Å². The summed E-state index contributed by atoms with van der Waals surface area (Å²) in [5, 5.41) is 25.2. The van der Waals surface area contributed by atoms with Crippen LogP contribution in [0.2, 0.25) is 0 Å². The molecule has 0 atom stereocenters. The summed E-state index contributed by atoms with van der Waals surface area (Å²) < 4.78 is 0. The summed E-state index contributed by atoms with van der Waals surface area (Å²) in [5.41, 5.74) is 2.79. The van der Waals surface area contributed by atoms with Gasteiger partial charge in [-0.1, -0.05) is 6.07 Å². The zero-order chi connectivity index (χ0) is 17.6. The second-order valence-corrected chi connectivity index (χ2v) is 5.87. The first-order valence-corrected chi connectivity index (χ1v) is 8.27. The van der Waals surface area contributed by atoms with Crippen LogP contribution in [-0.4, -0.2) is 46.8 Å². The van der Waals surface area contributed by atoms with Crippen LogP contribution in [0.4, 0.5) is 0 Å². The van der Waals surface area contributed by atoms with Crippen molar-refractivity contribution in [3.8, 4) is 5.75 Å². The number of rotatable bonds is 6. The molecule has 2 heterocycles. The molecule has 0 radical (unpaired) electrons. The van der Waals surface area contributed by atoms with Gasteiger partial charge in [0.1, 0.15) is 5.75 Å². The van der Waals surface area contributed by atoms with Crippen molar-refractivity contribution < 1.29 is 14.7 Å². The van der Waals surface area contributed by atoms with Crippen molar-refractivity contribution in [2.45, 2.75) is 19.4 Å². The van der Waals surface area contributed by atoms with E-state index in [1.54, 1.807) is 12.1 Å². The molecule has 0 bridgehead atoms. The molecular weight excluding hydrogens is 358 g/mol. The predicted octanol–water partition coefficient (Wildman–Crippen LogP) is 0.733. The summed E-state index contributed by atoms with van der Waals surface area (Å²) in [6.45, 7) is 2.40. The van der Waals surface area contributed by atoms with E-state index in [2.05, 4.69) is 26.1 Å². The summed E-state index contributed by atoms with van der Waals surface area (Å²) >= 11 is 0. The van der Waals surface area contributed by atoms with E-state index in [-0.39, 0.29) is 30.0 Å². The fraction of sp³-hybridized carbons (Fsp3) is 0.353. The van der Waals surface area contributed by atoms with Crippen molar-refractivity contribution in [1.82, 2.24) is 26.1 Å². The number of nitrogens with zero attached hydrogens (tertiary/aromatic N) is 1. The van der Waals surface area contributed by atoms with Gasteiger partial charge in [-0.15, -0.1) is 12.4 Å². The number of hydrogen-bond donors (Lipinski definition) is 5. The molecule has 2 amide bonds. The van der Waals surface area contributed by atoms with Crippen LogP contribution in [0.3, 0.4) is 0 Å². The summed E-state index contributed by atoms with van der Waals surface area (Å²) in [7, 11) is 0. The SMILES string of the molecule is Cl.O=C(NCCCNC(=O)c1n[nH]c2c1CNCC2)c1cccc(O)c1. The standard InChI is InChI=1S/C17H21N5O3.ClH/c23-12-4-1-3-11(9-12)16(24)19-6-2-7-20-17(25)15-13-10-18-8-5-14(13)21-22-15;/h1,3-4,9,18,23H,2,5-8,10H2,(H,19,24)(H,20,25)(H,21,22);1H. The largest absolute Gasteiger partial charge is 0.508 e. The first-order valence-electron chi connectivity index (χ1n) is 8.27. The van der Waals surface area contributed by atoms with Gasteiger partial charge in [0.25, 0.3) is 11.8 Å². The van der Waals surface area contributed by atoms with Crippen molar-refractivity contribution in [2.24, 2.45) is 0 Å². The van der Waals surface area contributed by atoms with Crippen LogP contribution in [0.25, 0.3) is 0 Å². The van der Waals surface area contributed by atoms with Crippen LogP contribution >= 0.6 is 12.4 Å². The first kappa shape index (κ1) is 19.7. The molecule has 0 unspecified atom stereocenters. The Morgan fingerprint density at radius 3 is 2.73 bits per heavy atom. The van der Waals surface area contributed by atoms with Crippen molar-refractivity contribution in [3.05, 3.63) is 46.8 Å². The Hall–Kier alpha value is -2.58. The van der Waals surface area contributed by atoms with Gasteiger partial charge in [0.15, 0.2) is 5.69 Å². The average molecular weight is 380 g/mol. The maximum Gasteiger partial charge on any atom is 0.272 e. The highest BCUT2D eigenvalue weighted by atomic mass is 35.5. The molecule has 2 aromatic rings. The van der Waals surface area contributed by atoms with Crippen LogP contribution in [-0.2, 0) is 13.0 Å². The second kappa shape index (κ2) is 9.21. The summed E-state index contributed by atoms with van der Waals surface area (Å²) in [6, 6.07) is 6.16. The lowest BCUT2D eigenvalue weighted by molar-refractivity contribution is 0.0946. The molecule has 1 aromatic heterocycles. The predicted molar refractivity (Wildman–Crippen MR) is 98.6 cm³/mol. The van der Waals surface area contributed by atoms with Gasteiger partial charge in [0.2, 0.25) is 0 Å². The van der Waals surface area contributed by atoms with E-state index in [9.17, 15) is 14.7 Å². The van der Waals surface area contributed by atoms with E-state index < -0.39 is 0 Å². The molecule has 1 aliphatic heterocycles. The van der Waals surface area contributed by atoms with Crippen molar-refractivity contribution in [2.75, 3.05) is 19.6 Å². The van der Waals surface area contributed by atoms with Crippen LogP contribution in [0, 0.1) is 0 Å². The summed E-state index contributed by atoms with van der Waals surface area (Å²) in [6.07, 6.45) is 1.44. The third-order valence-corrected chi connectivity index (χ3v) is 4.05. The Kier molecular flexibility index (Phi) is 6.99. The smallest absolute Gasteiger partial charge is 0.272 e. The minimum atomic E-state index is -0.255. The van der Waals surface area contributed by atoms with E-state index in [4.69, 9.17) is 0 Å². The van der Waals surface area contributed by atoms with E-state index in [0.717, 1.165) is 24.2 Å². The molecule has 0 saturated heterocycles. The Morgan fingerprint density at radius 2 is 1.96 bits per heavy atom. The highest BCUT2D eigenvalue weighted by Crippen LogP contribution is 2.15. The highest BCUT2D eigenvalue weighted by Gasteiger charge is 2.21. The van der Waals surface area contributed by atoms with Gasteiger partial charge in [-0.25, -0.2) is 0 Å². The quantitative estimate of drug-likeness (QED) is 0.474. The average Bonchev–Trinajstić information content (AvgIpc) is 3.05. The lowest BCUT2D eigenvalue weighted by Crippen LogP contribution is -2.31. The number of nitrogens with one attached hydrogen (secondary N) is 4. The lowest BCUT2D eigenvalue weighted by atomic mass is 10.1. The van der Waals surface area contributed by atoms with Gasteiger partial charge in [-0.3, -0.25) is 14.7 Å². The molecule has 0 spiro atoms. The first-order chi connectivity index (χ1) is 12.1. The number of phenols is 1. The Balaban J connectivity index is 0.00000243. The Bertz CT molecular complexity index is 778. The fourth-order valence-electron chi connectivity index (χ4n) is 2.74. The third-order valence-electron chi connectivity index (χ3n) is 4.05. The van der Waals surface area contributed by atoms with E-state index in [1.807, 2.05) is 0 Å². The number of aromatic hydroxyl groups is 1. The molecule has 0 fully saturated rings. The molecule has 26 heavy (non-hydrogen) atoms. The van der Waals surface area contributed by atoms with Crippen molar-refractivity contribution >= 4 is 24.2 Å². The van der Waals surface area contributed by atoms with Gasteiger partial charge in [-0.2, -0.15) is 5.10 Å².